The molecule has 3 nitrogen and oxygen atoms in total. The summed E-state index contributed by atoms with van der Waals surface area (Å²) < 4.78 is 27.6. The number of halogens is 3. The van der Waals surface area contributed by atoms with Gasteiger partial charge >= 0.3 is 0 Å². The molecule has 0 spiro atoms. The lowest BCUT2D eigenvalue weighted by atomic mass is 10.4. The van der Waals surface area contributed by atoms with Gasteiger partial charge in [-0.1, -0.05) is 15.9 Å². The molecular formula is C9H10Br2ClNO2S. The van der Waals surface area contributed by atoms with Crippen LogP contribution in [0.3, 0.4) is 0 Å². The number of hydrogen-bond acceptors (Lipinski definition) is 2. The van der Waals surface area contributed by atoms with E-state index in [4.69, 9.17) is 11.6 Å². The molecule has 0 saturated heterocycles. The molecule has 0 bridgehead atoms. The van der Waals surface area contributed by atoms with Gasteiger partial charge in [-0.05, 0) is 41.1 Å². The number of rotatable bonds is 4. The Kier molecular flexibility index (Phi) is 5.25. The normalized spacial score (nSPS) is 13.8. The molecule has 1 N–H and O–H groups in total. The van der Waals surface area contributed by atoms with E-state index < -0.39 is 10.0 Å². The van der Waals surface area contributed by atoms with Crippen LogP contribution < -0.4 is 4.72 Å². The maximum atomic E-state index is 12.0. The Morgan fingerprint density at radius 3 is 2.62 bits per heavy atom. The predicted molar refractivity (Wildman–Crippen MR) is 72.3 cm³/mol. The van der Waals surface area contributed by atoms with Gasteiger partial charge in [-0.3, -0.25) is 0 Å². The molecule has 1 unspecified atom stereocenters. The van der Waals surface area contributed by atoms with E-state index in [1.54, 1.807) is 19.1 Å². The molecule has 0 aliphatic carbocycles. The maximum Gasteiger partial charge on any atom is 0.242 e. The standard InChI is InChI=1S/C9H10Br2ClNO2S/c1-6(5-12)13-16(14,15)9-4-7(10)2-3-8(9)11/h2-4,6,13H,5H2,1H3. The fourth-order valence-electron chi connectivity index (χ4n) is 1.04. The molecule has 0 aliphatic heterocycles. The summed E-state index contributed by atoms with van der Waals surface area (Å²) in [4.78, 5) is 0.193. The molecular weight excluding hydrogens is 381 g/mol. The van der Waals surface area contributed by atoms with Gasteiger partial charge in [-0.15, -0.1) is 11.6 Å². The minimum absolute atomic E-state index is 0.193. The summed E-state index contributed by atoms with van der Waals surface area (Å²) in [5.41, 5.74) is 0. The van der Waals surface area contributed by atoms with E-state index in [1.807, 2.05) is 0 Å². The predicted octanol–water partition coefficient (Wildman–Crippen LogP) is 3.12. The van der Waals surface area contributed by atoms with Crippen molar-refractivity contribution in [2.24, 2.45) is 0 Å². The average Bonchev–Trinajstić information content (AvgIpc) is 2.20. The van der Waals surface area contributed by atoms with Gasteiger partial charge in [-0.25, -0.2) is 13.1 Å². The van der Waals surface area contributed by atoms with E-state index in [9.17, 15) is 8.42 Å². The fourth-order valence-corrected chi connectivity index (χ4v) is 3.96. The van der Waals surface area contributed by atoms with Crippen molar-refractivity contribution in [3.05, 3.63) is 27.1 Å². The van der Waals surface area contributed by atoms with Crippen LogP contribution in [-0.4, -0.2) is 20.3 Å². The van der Waals surface area contributed by atoms with Gasteiger partial charge in [0.15, 0.2) is 0 Å². The Hall–Kier alpha value is 0.380. The number of benzene rings is 1. The monoisotopic (exact) mass is 389 g/mol. The zero-order valence-electron chi connectivity index (χ0n) is 8.38. The highest BCUT2D eigenvalue weighted by atomic mass is 79.9. The van der Waals surface area contributed by atoms with Crippen molar-refractivity contribution in [2.75, 3.05) is 5.88 Å². The lowest BCUT2D eigenvalue weighted by Crippen LogP contribution is -2.33. The molecule has 90 valence electrons. The quantitative estimate of drug-likeness (QED) is 0.802. The summed E-state index contributed by atoms with van der Waals surface area (Å²) >= 11 is 12.0. The van der Waals surface area contributed by atoms with Gasteiger partial charge in [0.05, 0.1) is 4.90 Å². The van der Waals surface area contributed by atoms with Gasteiger partial charge in [0, 0.05) is 20.9 Å². The molecule has 0 saturated carbocycles. The van der Waals surface area contributed by atoms with Crippen molar-refractivity contribution in [2.45, 2.75) is 17.9 Å². The SMILES string of the molecule is CC(CCl)NS(=O)(=O)c1cc(Br)ccc1Br. The summed E-state index contributed by atoms with van der Waals surface area (Å²) in [5, 5.41) is 0. The lowest BCUT2D eigenvalue weighted by Gasteiger charge is -2.12. The third-order valence-corrected chi connectivity index (χ3v) is 5.31. The Labute approximate surface area is 117 Å². The minimum atomic E-state index is -3.54. The second-order valence-electron chi connectivity index (χ2n) is 3.25. The van der Waals surface area contributed by atoms with Crippen LogP contribution in [0.1, 0.15) is 6.92 Å². The largest absolute Gasteiger partial charge is 0.242 e. The number of nitrogens with one attached hydrogen (secondary N) is 1. The molecule has 0 radical (unpaired) electrons. The highest BCUT2D eigenvalue weighted by molar-refractivity contribution is 9.11. The van der Waals surface area contributed by atoms with E-state index in [1.165, 1.54) is 6.07 Å². The highest BCUT2D eigenvalue weighted by Crippen LogP contribution is 2.25. The van der Waals surface area contributed by atoms with Gasteiger partial charge < -0.3 is 0 Å². The van der Waals surface area contributed by atoms with E-state index in [0.717, 1.165) is 0 Å². The topological polar surface area (TPSA) is 46.2 Å². The second-order valence-corrected chi connectivity index (χ2v) is 7.01. The summed E-state index contributed by atoms with van der Waals surface area (Å²) in [6.45, 7) is 1.70. The maximum absolute atomic E-state index is 12.0. The molecule has 1 atom stereocenters. The fraction of sp³-hybridized carbons (Fsp3) is 0.333. The van der Waals surface area contributed by atoms with Crippen LogP contribution in [0.5, 0.6) is 0 Å². The summed E-state index contributed by atoms with van der Waals surface area (Å²) in [6.07, 6.45) is 0. The molecule has 0 fully saturated rings. The molecule has 1 aromatic carbocycles. The third kappa shape index (κ3) is 3.70. The van der Waals surface area contributed by atoms with E-state index in [-0.39, 0.29) is 16.8 Å². The molecule has 7 heteroatoms. The molecule has 0 heterocycles. The van der Waals surface area contributed by atoms with Crippen molar-refractivity contribution in [3.63, 3.8) is 0 Å². The molecule has 16 heavy (non-hydrogen) atoms. The smallest absolute Gasteiger partial charge is 0.207 e. The Balaban J connectivity index is 3.12. The second kappa shape index (κ2) is 5.82. The van der Waals surface area contributed by atoms with Gasteiger partial charge in [-0.2, -0.15) is 0 Å². The first-order valence-corrected chi connectivity index (χ1v) is 8.00. The Morgan fingerprint density at radius 1 is 1.44 bits per heavy atom. The third-order valence-electron chi connectivity index (χ3n) is 1.77. The Bertz CT molecular complexity index is 478. The summed E-state index contributed by atoms with van der Waals surface area (Å²) in [5.74, 6) is 0.227. The van der Waals surface area contributed by atoms with Crippen molar-refractivity contribution >= 4 is 53.5 Å². The van der Waals surface area contributed by atoms with Crippen LogP contribution in [-0.2, 0) is 10.0 Å². The van der Waals surface area contributed by atoms with Gasteiger partial charge in [0.1, 0.15) is 0 Å². The molecule has 0 amide bonds. The number of sulfonamides is 1. The van der Waals surface area contributed by atoms with Crippen molar-refractivity contribution in [1.82, 2.24) is 4.72 Å². The Morgan fingerprint density at radius 2 is 2.06 bits per heavy atom. The lowest BCUT2D eigenvalue weighted by molar-refractivity contribution is 0.570. The molecule has 1 aromatic rings. The van der Waals surface area contributed by atoms with Crippen LogP contribution in [0.25, 0.3) is 0 Å². The number of alkyl halides is 1. The summed E-state index contributed by atoms with van der Waals surface area (Å²) in [6, 6.07) is 4.66. The minimum Gasteiger partial charge on any atom is -0.207 e. The number of hydrogen-bond donors (Lipinski definition) is 1. The van der Waals surface area contributed by atoms with Crippen molar-refractivity contribution in [1.29, 1.82) is 0 Å². The van der Waals surface area contributed by atoms with Crippen molar-refractivity contribution in [3.8, 4) is 0 Å². The zero-order chi connectivity index (χ0) is 12.3. The zero-order valence-corrected chi connectivity index (χ0v) is 13.1. The molecule has 0 aliphatic rings. The van der Waals surface area contributed by atoms with Crippen LogP contribution in [0, 0.1) is 0 Å². The van der Waals surface area contributed by atoms with Gasteiger partial charge in [0.2, 0.25) is 10.0 Å². The first-order valence-electron chi connectivity index (χ1n) is 4.40. The van der Waals surface area contributed by atoms with E-state index >= 15 is 0 Å². The van der Waals surface area contributed by atoms with Crippen LogP contribution in [0.2, 0.25) is 0 Å². The van der Waals surface area contributed by atoms with Crippen LogP contribution >= 0.6 is 43.5 Å². The van der Waals surface area contributed by atoms with Crippen molar-refractivity contribution < 1.29 is 8.42 Å². The van der Waals surface area contributed by atoms with E-state index in [0.29, 0.717) is 8.95 Å². The van der Waals surface area contributed by atoms with Crippen LogP contribution in [0.4, 0.5) is 0 Å². The average molecular weight is 392 g/mol. The highest BCUT2D eigenvalue weighted by Gasteiger charge is 2.19. The van der Waals surface area contributed by atoms with Gasteiger partial charge in [0.25, 0.3) is 0 Å². The molecule has 1 rings (SSSR count). The summed E-state index contributed by atoms with van der Waals surface area (Å²) in [7, 11) is -3.54. The molecule has 0 aromatic heterocycles. The van der Waals surface area contributed by atoms with Crippen LogP contribution in [0.15, 0.2) is 32.0 Å². The first kappa shape index (κ1) is 14.4. The first-order chi connectivity index (χ1) is 7.36. The van der Waals surface area contributed by atoms with E-state index in [2.05, 4.69) is 36.6 Å².